The lowest BCUT2D eigenvalue weighted by Crippen LogP contribution is -2.05. The van der Waals surface area contributed by atoms with E-state index in [1.54, 1.807) is 6.07 Å². The minimum absolute atomic E-state index is 0.0777. The van der Waals surface area contributed by atoms with Crippen molar-refractivity contribution < 1.29 is 4.92 Å². The number of nitrogens with one attached hydrogen (secondary N) is 1. The van der Waals surface area contributed by atoms with Crippen molar-refractivity contribution in [3.05, 3.63) is 68.7 Å². The second-order valence-corrected chi connectivity index (χ2v) is 5.56. The van der Waals surface area contributed by atoms with Crippen molar-refractivity contribution in [1.29, 1.82) is 0 Å². The van der Waals surface area contributed by atoms with Gasteiger partial charge in [-0.05, 0) is 29.7 Å². The zero-order valence-electron chi connectivity index (χ0n) is 12.0. The van der Waals surface area contributed by atoms with Crippen LogP contribution in [0, 0.1) is 10.1 Å². The van der Waals surface area contributed by atoms with E-state index < -0.39 is 0 Å². The standard InChI is InChI=1S/C16H17ClN2O2/c1-11(2)14-5-3-4-6-15(14)18-10-12-9-13(17)7-8-16(12)19(20)21/h3-9,11,18H,10H2,1-2H3. The smallest absolute Gasteiger partial charge is 0.274 e. The first-order chi connectivity index (χ1) is 9.99. The molecule has 0 spiro atoms. The number of para-hydroxylation sites is 1. The van der Waals surface area contributed by atoms with E-state index in [4.69, 9.17) is 11.6 Å². The molecule has 0 aliphatic heterocycles. The van der Waals surface area contributed by atoms with Crippen LogP contribution in [0.15, 0.2) is 42.5 Å². The van der Waals surface area contributed by atoms with Gasteiger partial charge in [-0.25, -0.2) is 0 Å². The van der Waals surface area contributed by atoms with Crippen molar-refractivity contribution in [2.24, 2.45) is 0 Å². The molecule has 21 heavy (non-hydrogen) atoms. The number of benzene rings is 2. The first kappa shape index (κ1) is 15.3. The molecular weight excluding hydrogens is 288 g/mol. The van der Waals surface area contributed by atoms with Gasteiger partial charge >= 0.3 is 0 Å². The number of hydrogen-bond donors (Lipinski definition) is 1. The zero-order chi connectivity index (χ0) is 15.4. The van der Waals surface area contributed by atoms with E-state index in [9.17, 15) is 10.1 Å². The topological polar surface area (TPSA) is 55.2 Å². The molecule has 0 aliphatic rings. The maximum atomic E-state index is 11.1. The van der Waals surface area contributed by atoms with E-state index in [1.807, 2.05) is 18.2 Å². The summed E-state index contributed by atoms with van der Waals surface area (Å²) >= 11 is 5.93. The summed E-state index contributed by atoms with van der Waals surface area (Å²) in [5, 5.41) is 14.8. The highest BCUT2D eigenvalue weighted by Gasteiger charge is 2.14. The molecule has 2 aromatic carbocycles. The van der Waals surface area contributed by atoms with Gasteiger partial charge in [0.25, 0.3) is 5.69 Å². The highest BCUT2D eigenvalue weighted by molar-refractivity contribution is 6.30. The Morgan fingerprint density at radius 1 is 1.24 bits per heavy atom. The van der Waals surface area contributed by atoms with Crippen LogP contribution in [0.2, 0.25) is 5.02 Å². The van der Waals surface area contributed by atoms with E-state index in [1.165, 1.54) is 17.7 Å². The number of nitro benzene ring substituents is 1. The summed E-state index contributed by atoms with van der Waals surface area (Å²) in [6.45, 7) is 4.59. The molecule has 0 aromatic heterocycles. The molecule has 0 saturated carbocycles. The van der Waals surface area contributed by atoms with Crippen LogP contribution in [0.1, 0.15) is 30.9 Å². The number of nitrogens with zero attached hydrogens (tertiary/aromatic N) is 1. The average molecular weight is 305 g/mol. The Hall–Kier alpha value is -2.07. The molecule has 0 radical (unpaired) electrons. The maximum absolute atomic E-state index is 11.1. The Kier molecular flexibility index (Phi) is 4.81. The third kappa shape index (κ3) is 3.73. The van der Waals surface area contributed by atoms with Gasteiger partial charge in [-0.15, -0.1) is 0 Å². The van der Waals surface area contributed by atoms with Crippen molar-refractivity contribution in [3.8, 4) is 0 Å². The first-order valence-corrected chi connectivity index (χ1v) is 7.12. The summed E-state index contributed by atoms with van der Waals surface area (Å²) in [7, 11) is 0. The number of anilines is 1. The van der Waals surface area contributed by atoms with Crippen molar-refractivity contribution in [2.75, 3.05) is 5.32 Å². The molecule has 2 aromatic rings. The second kappa shape index (κ2) is 6.59. The second-order valence-electron chi connectivity index (χ2n) is 5.13. The summed E-state index contributed by atoms with van der Waals surface area (Å²) in [6.07, 6.45) is 0. The number of nitro groups is 1. The van der Waals surface area contributed by atoms with E-state index >= 15 is 0 Å². The normalized spacial score (nSPS) is 10.7. The van der Waals surface area contributed by atoms with Crippen LogP contribution in [0.5, 0.6) is 0 Å². The van der Waals surface area contributed by atoms with Crippen molar-refractivity contribution >= 4 is 23.0 Å². The predicted octanol–water partition coefficient (Wildman–Crippen LogP) is 4.98. The van der Waals surface area contributed by atoms with Gasteiger partial charge < -0.3 is 5.32 Å². The van der Waals surface area contributed by atoms with Crippen LogP contribution in [0.25, 0.3) is 0 Å². The number of halogens is 1. The number of rotatable bonds is 5. The SMILES string of the molecule is CC(C)c1ccccc1NCc1cc(Cl)ccc1[N+](=O)[O-]. The van der Waals surface area contributed by atoms with Crippen molar-refractivity contribution in [1.82, 2.24) is 0 Å². The summed E-state index contributed by atoms with van der Waals surface area (Å²) in [5.74, 6) is 0.378. The van der Waals surface area contributed by atoms with Gasteiger partial charge in [0.1, 0.15) is 0 Å². The van der Waals surface area contributed by atoms with E-state index in [0.29, 0.717) is 23.0 Å². The Morgan fingerprint density at radius 3 is 2.62 bits per heavy atom. The average Bonchev–Trinajstić information content (AvgIpc) is 2.45. The highest BCUT2D eigenvalue weighted by atomic mass is 35.5. The van der Waals surface area contributed by atoms with Gasteiger partial charge in [0.15, 0.2) is 0 Å². The molecule has 0 bridgehead atoms. The molecule has 110 valence electrons. The van der Waals surface area contributed by atoms with Gasteiger partial charge in [-0.2, -0.15) is 0 Å². The molecular formula is C16H17ClN2O2. The lowest BCUT2D eigenvalue weighted by Gasteiger charge is -2.14. The van der Waals surface area contributed by atoms with Crippen LogP contribution in [-0.2, 0) is 6.54 Å². The monoisotopic (exact) mass is 304 g/mol. The molecule has 5 heteroatoms. The van der Waals surface area contributed by atoms with Crippen molar-refractivity contribution in [3.63, 3.8) is 0 Å². The Labute approximate surface area is 128 Å². The molecule has 0 atom stereocenters. The van der Waals surface area contributed by atoms with Gasteiger partial charge in [-0.1, -0.05) is 43.6 Å². The third-order valence-electron chi connectivity index (χ3n) is 3.29. The fraction of sp³-hybridized carbons (Fsp3) is 0.250. The van der Waals surface area contributed by atoms with E-state index in [-0.39, 0.29) is 10.6 Å². The van der Waals surface area contributed by atoms with Crippen LogP contribution >= 0.6 is 11.6 Å². The summed E-state index contributed by atoms with van der Waals surface area (Å²) < 4.78 is 0. The largest absolute Gasteiger partial charge is 0.380 e. The van der Waals surface area contributed by atoms with Crippen LogP contribution in [-0.4, -0.2) is 4.92 Å². The highest BCUT2D eigenvalue weighted by Crippen LogP contribution is 2.27. The van der Waals surface area contributed by atoms with Gasteiger partial charge in [0.2, 0.25) is 0 Å². The lowest BCUT2D eigenvalue weighted by molar-refractivity contribution is -0.385. The quantitative estimate of drug-likeness (QED) is 0.626. The van der Waals surface area contributed by atoms with Gasteiger partial charge in [-0.3, -0.25) is 10.1 Å². The molecule has 0 heterocycles. The summed E-state index contributed by atoms with van der Waals surface area (Å²) in [6, 6.07) is 12.6. The van der Waals surface area contributed by atoms with E-state index in [0.717, 1.165) is 5.69 Å². The third-order valence-corrected chi connectivity index (χ3v) is 3.53. The van der Waals surface area contributed by atoms with Gasteiger partial charge in [0.05, 0.1) is 10.5 Å². The summed E-state index contributed by atoms with van der Waals surface area (Å²) in [4.78, 5) is 10.7. The van der Waals surface area contributed by atoms with Crippen molar-refractivity contribution in [2.45, 2.75) is 26.3 Å². The molecule has 0 saturated heterocycles. The lowest BCUT2D eigenvalue weighted by atomic mass is 10.0. The number of hydrogen-bond acceptors (Lipinski definition) is 3. The zero-order valence-corrected chi connectivity index (χ0v) is 12.7. The van der Waals surface area contributed by atoms with Crippen LogP contribution in [0.4, 0.5) is 11.4 Å². The minimum Gasteiger partial charge on any atom is -0.380 e. The molecule has 0 aliphatic carbocycles. The molecule has 0 unspecified atom stereocenters. The van der Waals surface area contributed by atoms with Crippen LogP contribution in [0.3, 0.4) is 0 Å². The Bertz CT molecular complexity index is 656. The Balaban J connectivity index is 2.25. The van der Waals surface area contributed by atoms with Crippen LogP contribution < -0.4 is 5.32 Å². The van der Waals surface area contributed by atoms with Gasteiger partial charge in [0, 0.05) is 23.3 Å². The fourth-order valence-electron chi connectivity index (χ4n) is 2.23. The van der Waals surface area contributed by atoms with E-state index in [2.05, 4.69) is 25.2 Å². The maximum Gasteiger partial charge on any atom is 0.274 e. The molecule has 0 fully saturated rings. The molecule has 4 nitrogen and oxygen atoms in total. The predicted molar refractivity (Wildman–Crippen MR) is 86.0 cm³/mol. The molecule has 1 N–H and O–H groups in total. The minimum atomic E-state index is -0.387. The fourth-order valence-corrected chi connectivity index (χ4v) is 2.42. The molecule has 2 rings (SSSR count). The summed E-state index contributed by atoms with van der Waals surface area (Å²) in [5.41, 5.74) is 2.82. The molecule has 0 amide bonds. The first-order valence-electron chi connectivity index (χ1n) is 6.74. The Morgan fingerprint density at radius 2 is 1.95 bits per heavy atom.